The topological polar surface area (TPSA) is 93.1 Å². The number of hydrogen-bond donors (Lipinski definition) is 2. The van der Waals surface area contributed by atoms with Crippen LogP contribution in [0.4, 0.5) is 0 Å². The van der Waals surface area contributed by atoms with Crippen LogP contribution >= 0.6 is 0 Å². The molecule has 0 saturated carbocycles. The van der Waals surface area contributed by atoms with Gasteiger partial charge in [0.15, 0.2) is 5.78 Å². The number of fused-ring (bicyclic) bond motifs is 2. The lowest BCUT2D eigenvalue weighted by molar-refractivity contribution is -0.155. The van der Waals surface area contributed by atoms with E-state index < -0.39 is 11.6 Å². The molecule has 2 aromatic rings. The predicted molar refractivity (Wildman–Crippen MR) is 105 cm³/mol. The zero-order chi connectivity index (χ0) is 20.6. The number of phenols is 2. The Morgan fingerprint density at radius 3 is 2.54 bits per heavy atom. The van der Waals surface area contributed by atoms with Crippen molar-refractivity contribution in [3.8, 4) is 17.2 Å². The molecule has 1 atom stereocenters. The van der Waals surface area contributed by atoms with Crippen molar-refractivity contribution in [2.45, 2.75) is 46.1 Å². The van der Waals surface area contributed by atoms with Gasteiger partial charge in [-0.1, -0.05) is 5.57 Å². The number of benzene rings is 2. The van der Waals surface area contributed by atoms with Crippen LogP contribution < -0.4 is 4.74 Å². The van der Waals surface area contributed by atoms with Crippen molar-refractivity contribution in [1.29, 1.82) is 0 Å². The molecule has 148 valence electrons. The highest BCUT2D eigenvalue weighted by Crippen LogP contribution is 2.44. The Hall–Kier alpha value is -3.02. The number of carbonyl (C=O) groups is 2. The average Bonchev–Trinajstić information content (AvgIpc) is 2.51. The van der Waals surface area contributed by atoms with Gasteiger partial charge in [0.1, 0.15) is 29.5 Å². The summed E-state index contributed by atoms with van der Waals surface area (Å²) in [5, 5.41) is 21.9. The van der Waals surface area contributed by atoms with Gasteiger partial charge in [-0.2, -0.15) is 0 Å². The molecule has 6 nitrogen and oxygen atoms in total. The van der Waals surface area contributed by atoms with Crippen molar-refractivity contribution in [3.63, 3.8) is 0 Å². The van der Waals surface area contributed by atoms with Gasteiger partial charge in [-0.3, -0.25) is 9.59 Å². The minimum absolute atomic E-state index is 0.0245. The lowest BCUT2D eigenvalue weighted by Crippen LogP contribution is -2.40. The van der Waals surface area contributed by atoms with Crippen molar-refractivity contribution in [3.05, 3.63) is 41.0 Å². The molecular formula is C22H24O6. The fourth-order valence-corrected chi connectivity index (χ4v) is 3.68. The van der Waals surface area contributed by atoms with Gasteiger partial charge in [0.25, 0.3) is 0 Å². The fraction of sp³-hybridized carbons (Fsp3) is 0.364. The summed E-state index contributed by atoms with van der Waals surface area (Å²) in [4.78, 5) is 24.1. The lowest BCUT2D eigenvalue weighted by atomic mass is 9.79. The highest BCUT2D eigenvalue weighted by molar-refractivity contribution is 6.09. The van der Waals surface area contributed by atoms with Crippen LogP contribution in [-0.4, -0.2) is 34.2 Å². The van der Waals surface area contributed by atoms with Gasteiger partial charge in [-0.25, -0.2) is 0 Å². The van der Waals surface area contributed by atoms with Crippen molar-refractivity contribution in [2.75, 3.05) is 6.61 Å². The summed E-state index contributed by atoms with van der Waals surface area (Å²) >= 11 is 0. The Morgan fingerprint density at radius 2 is 1.89 bits per heavy atom. The largest absolute Gasteiger partial charge is 0.507 e. The van der Waals surface area contributed by atoms with E-state index in [2.05, 4.69) is 0 Å². The average molecular weight is 384 g/mol. The maximum absolute atomic E-state index is 12.7. The standard InChI is InChI=1S/C22H24O6/c1-12(2)5-6-27-16-8-14-7-15-10-22(4,28-13(3)23)11-18(25)20(15)21(26)19(14)17(24)9-16/h5,7-9,24,26H,6,10-11H2,1-4H3. The molecule has 0 aromatic heterocycles. The summed E-state index contributed by atoms with van der Waals surface area (Å²) < 4.78 is 11.0. The van der Waals surface area contributed by atoms with Crippen molar-refractivity contribution in [1.82, 2.24) is 0 Å². The molecule has 3 rings (SSSR count). The predicted octanol–water partition coefficient (Wildman–Crippen LogP) is 4.05. The number of ketones is 1. The first kappa shape index (κ1) is 19.7. The van der Waals surface area contributed by atoms with Crippen LogP contribution in [0.3, 0.4) is 0 Å². The molecule has 0 radical (unpaired) electrons. The summed E-state index contributed by atoms with van der Waals surface area (Å²) in [5.74, 6) is -0.752. The summed E-state index contributed by atoms with van der Waals surface area (Å²) in [5.41, 5.74) is 0.895. The van der Waals surface area contributed by atoms with E-state index in [1.54, 1.807) is 19.1 Å². The fourth-order valence-electron chi connectivity index (χ4n) is 3.68. The summed E-state index contributed by atoms with van der Waals surface area (Å²) in [6, 6.07) is 4.86. The molecule has 1 unspecified atom stereocenters. The number of rotatable bonds is 4. The number of aromatic hydroxyl groups is 2. The lowest BCUT2D eigenvalue weighted by Gasteiger charge is -2.33. The van der Waals surface area contributed by atoms with Gasteiger partial charge in [-0.15, -0.1) is 0 Å². The Labute approximate surface area is 163 Å². The van der Waals surface area contributed by atoms with Gasteiger partial charge >= 0.3 is 5.97 Å². The molecule has 0 bridgehead atoms. The second kappa shape index (κ2) is 7.19. The molecule has 0 saturated heterocycles. The maximum atomic E-state index is 12.7. The quantitative estimate of drug-likeness (QED) is 0.610. The number of ether oxygens (including phenoxy) is 2. The molecule has 1 aliphatic rings. The number of phenolic OH excluding ortho intramolecular Hbond substituents is 2. The number of hydrogen-bond acceptors (Lipinski definition) is 6. The first-order chi connectivity index (χ1) is 13.1. The number of Topliss-reactive ketones (excluding diaryl/α,β-unsaturated/α-hetero) is 1. The molecule has 0 aliphatic heterocycles. The van der Waals surface area contributed by atoms with Gasteiger partial charge in [0.05, 0.1) is 17.4 Å². The normalized spacial score (nSPS) is 18.5. The highest BCUT2D eigenvalue weighted by Gasteiger charge is 2.39. The SMILES string of the molecule is CC(=O)OC1(C)CC(=O)c2c(cc3cc(OCC=C(C)C)cc(O)c3c2O)C1. The van der Waals surface area contributed by atoms with E-state index in [4.69, 9.17) is 9.47 Å². The first-order valence-corrected chi connectivity index (χ1v) is 9.10. The van der Waals surface area contributed by atoms with Crippen molar-refractivity contribution in [2.24, 2.45) is 0 Å². The first-order valence-electron chi connectivity index (χ1n) is 9.10. The third-order valence-corrected chi connectivity index (χ3v) is 4.76. The highest BCUT2D eigenvalue weighted by atomic mass is 16.6. The number of carbonyl (C=O) groups excluding carboxylic acids is 2. The third-order valence-electron chi connectivity index (χ3n) is 4.76. The molecule has 2 N–H and O–H groups in total. The zero-order valence-corrected chi connectivity index (χ0v) is 16.5. The molecule has 0 spiro atoms. The zero-order valence-electron chi connectivity index (χ0n) is 16.5. The molecular weight excluding hydrogens is 360 g/mol. The Bertz CT molecular complexity index is 1000. The van der Waals surface area contributed by atoms with Crippen LogP contribution in [0.25, 0.3) is 10.8 Å². The molecule has 0 fully saturated rings. The van der Waals surface area contributed by atoms with Crippen LogP contribution in [0.1, 0.15) is 50.0 Å². The van der Waals surface area contributed by atoms with E-state index in [-0.39, 0.29) is 34.7 Å². The number of allylic oxidation sites excluding steroid dienone is 1. The summed E-state index contributed by atoms with van der Waals surface area (Å²) in [7, 11) is 0. The number of esters is 1. The molecule has 6 heteroatoms. The smallest absolute Gasteiger partial charge is 0.303 e. The second-order valence-electron chi connectivity index (χ2n) is 7.71. The monoisotopic (exact) mass is 384 g/mol. The van der Waals surface area contributed by atoms with Crippen LogP contribution in [0, 0.1) is 0 Å². The van der Waals surface area contributed by atoms with Gasteiger partial charge in [0, 0.05) is 19.4 Å². The molecule has 0 amide bonds. The third kappa shape index (κ3) is 3.81. The minimum Gasteiger partial charge on any atom is -0.507 e. The minimum atomic E-state index is -0.963. The Balaban J connectivity index is 2.08. The second-order valence-corrected chi connectivity index (χ2v) is 7.71. The molecule has 28 heavy (non-hydrogen) atoms. The molecule has 0 heterocycles. The Kier molecular flexibility index (Phi) is 5.06. The van der Waals surface area contributed by atoms with E-state index in [0.29, 0.717) is 29.7 Å². The van der Waals surface area contributed by atoms with Gasteiger partial charge < -0.3 is 19.7 Å². The van der Waals surface area contributed by atoms with Crippen LogP contribution in [0.15, 0.2) is 29.8 Å². The van der Waals surface area contributed by atoms with Crippen LogP contribution in [-0.2, 0) is 16.0 Å². The van der Waals surface area contributed by atoms with Crippen molar-refractivity contribution < 1.29 is 29.3 Å². The van der Waals surface area contributed by atoms with E-state index in [9.17, 15) is 19.8 Å². The Morgan fingerprint density at radius 1 is 1.18 bits per heavy atom. The maximum Gasteiger partial charge on any atom is 0.303 e. The summed E-state index contributed by atoms with van der Waals surface area (Å²) in [6.45, 7) is 7.28. The van der Waals surface area contributed by atoms with E-state index in [1.165, 1.54) is 13.0 Å². The van der Waals surface area contributed by atoms with Crippen LogP contribution in [0.2, 0.25) is 0 Å². The summed E-state index contributed by atoms with van der Waals surface area (Å²) in [6.07, 6.45) is 2.18. The van der Waals surface area contributed by atoms with E-state index in [0.717, 1.165) is 5.57 Å². The van der Waals surface area contributed by atoms with E-state index >= 15 is 0 Å². The van der Waals surface area contributed by atoms with E-state index in [1.807, 2.05) is 19.9 Å². The molecule has 2 aromatic carbocycles. The van der Waals surface area contributed by atoms with Crippen LogP contribution in [0.5, 0.6) is 17.2 Å². The van der Waals surface area contributed by atoms with Gasteiger partial charge in [0.2, 0.25) is 0 Å². The molecule has 1 aliphatic carbocycles. The van der Waals surface area contributed by atoms with Crippen molar-refractivity contribution >= 4 is 22.5 Å². The van der Waals surface area contributed by atoms with Gasteiger partial charge in [-0.05, 0) is 49.9 Å².